The van der Waals surface area contributed by atoms with E-state index < -0.39 is 0 Å². The standard InChI is InChI=1S/C20H28O3/c1-13(21)17-8-9-18-14(4-3-11-20(17,18)2)5-6-15-12-16(22)7-10-19(15)23/h5-6,16-18,22H,3-4,7-12H2,1-2H3/b14-5+,15-6-. The fraction of sp³-hybridized carbons (Fsp3) is 0.700. The highest BCUT2D eigenvalue weighted by Gasteiger charge is 2.50. The van der Waals surface area contributed by atoms with E-state index >= 15 is 0 Å². The first-order valence-corrected chi connectivity index (χ1v) is 9.03. The molecule has 3 rings (SSSR count). The number of allylic oxidation sites excluding steroid dienone is 3. The van der Waals surface area contributed by atoms with Gasteiger partial charge in [-0.15, -0.1) is 0 Å². The van der Waals surface area contributed by atoms with Gasteiger partial charge in [0.1, 0.15) is 5.78 Å². The molecule has 4 atom stereocenters. The Bertz CT molecular complexity index is 571. The zero-order valence-corrected chi connectivity index (χ0v) is 14.3. The van der Waals surface area contributed by atoms with Crippen LogP contribution in [0.5, 0.6) is 0 Å². The number of carbonyl (C=O) groups excluding carboxylic acids is 2. The van der Waals surface area contributed by atoms with Gasteiger partial charge in [-0.25, -0.2) is 0 Å². The third-order valence-corrected chi connectivity index (χ3v) is 6.47. The highest BCUT2D eigenvalue weighted by atomic mass is 16.3. The van der Waals surface area contributed by atoms with Crippen molar-refractivity contribution in [2.75, 3.05) is 0 Å². The summed E-state index contributed by atoms with van der Waals surface area (Å²) in [5.74, 6) is 1.19. The van der Waals surface area contributed by atoms with Gasteiger partial charge in [-0.05, 0) is 62.4 Å². The van der Waals surface area contributed by atoms with Gasteiger partial charge in [0.05, 0.1) is 6.10 Å². The lowest BCUT2D eigenvalue weighted by Gasteiger charge is -2.41. The summed E-state index contributed by atoms with van der Waals surface area (Å²) < 4.78 is 0. The molecule has 0 aromatic rings. The van der Waals surface area contributed by atoms with Gasteiger partial charge in [-0.3, -0.25) is 9.59 Å². The molecule has 0 spiro atoms. The molecule has 3 nitrogen and oxygen atoms in total. The van der Waals surface area contributed by atoms with Gasteiger partial charge in [0.15, 0.2) is 5.78 Å². The molecule has 3 saturated carbocycles. The molecule has 0 radical (unpaired) electrons. The van der Waals surface area contributed by atoms with E-state index in [0.717, 1.165) is 37.7 Å². The number of Topliss-reactive ketones (excluding diaryl/α,β-unsaturated/α-hetero) is 2. The molecule has 0 bridgehead atoms. The second kappa shape index (κ2) is 6.35. The van der Waals surface area contributed by atoms with Crippen molar-refractivity contribution in [2.45, 2.75) is 71.3 Å². The van der Waals surface area contributed by atoms with Gasteiger partial charge in [-0.2, -0.15) is 0 Å². The Labute approximate surface area is 138 Å². The van der Waals surface area contributed by atoms with Crippen LogP contribution in [0.4, 0.5) is 0 Å². The summed E-state index contributed by atoms with van der Waals surface area (Å²) >= 11 is 0. The summed E-state index contributed by atoms with van der Waals surface area (Å²) in [5, 5.41) is 9.77. The maximum atomic E-state index is 12.0. The summed E-state index contributed by atoms with van der Waals surface area (Å²) in [4.78, 5) is 24.0. The van der Waals surface area contributed by atoms with Crippen molar-refractivity contribution in [3.8, 4) is 0 Å². The maximum absolute atomic E-state index is 12.0. The number of hydrogen-bond donors (Lipinski definition) is 1. The summed E-state index contributed by atoms with van der Waals surface area (Å²) in [6.45, 7) is 4.02. The van der Waals surface area contributed by atoms with E-state index in [2.05, 4.69) is 13.0 Å². The number of hydrogen-bond acceptors (Lipinski definition) is 3. The summed E-state index contributed by atoms with van der Waals surface area (Å²) in [7, 11) is 0. The van der Waals surface area contributed by atoms with Gasteiger partial charge >= 0.3 is 0 Å². The van der Waals surface area contributed by atoms with Crippen molar-refractivity contribution < 1.29 is 14.7 Å². The van der Waals surface area contributed by atoms with Crippen LogP contribution in [0.1, 0.15) is 65.2 Å². The van der Waals surface area contributed by atoms with Crippen LogP contribution >= 0.6 is 0 Å². The monoisotopic (exact) mass is 316 g/mol. The van der Waals surface area contributed by atoms with Gasteiger partial charge < -0.3 is 5.11 Å². The molecule has 126 valence electrons. The Morgan fingerprint density at radius 1 is 1.22 bits per heavy atom. The van der Waals surface area contributed by atoms with Crippen LogP contribution in [0.2, 0.25) is 0 Å². The van der Waals surface area contributed by atoms with Gasteiger partial charge in [0, 0.05) is 18.8 Å². The van der Waals surface area contributed by atoms with Crippen LogP contribution in [0.3, 0.4) is 0 Å². The molecule has 0 aromatic carbocycles. The Balaban J connectivity index is 1.83. The Morgan fingerprint density at radius 2 is 2.00 bits per heavy atom. The molecule has 4 unspecified atom stereocenters. The van der Waals surface area contributed by atoms with Gasteiger partial charge in [-0.1, -0.05) is 24.6 Å². The first-order valence-electron chi connectivity index (χ1n) is 9.03. The smallest absolute Gasteiger partial charge is 0.159 e. The zero-order chi connectivity index (χ0) is 16.6. The van der Waals surface area contributed by atoms with Crippen LogP contribution in [0, 0.1) is 17.3 Å². The van der Waals surface area contributed by atoms with E-state index in [1.54, 1.807) is 6.92 Å². The number of carbonyl (C=O) groups is 2. The van der Waals surface area contributed by atoms with Gasteiger partial charge in [0.25, 0.3) is 0 Å². The number of ketones is 2. The molecule has 3 aliphatic carbocycles. The van der Waals surface area contributed by atoms with Crippen molar-refractivity contribution in [2.24, 2.45) is 17.3 Å². The molecular formula is C20H28O3. The minimum Gasteiger partial charge on any atom is -0.393 e. The third kappa shape index (κ3) is 3.08. The number of aliphatic hydroxyl groups excluding tert-OH is 1. The van der Waals surface area contributed by atoms with Crippen LogP contribution in [-0.2, 0) is 9.59 Å². The van der Waals surface area contributed by atoms with E-state index in [4.69, 9.17) is 0 Å². The average Bonchev–Trinajstić information content (AvgIpc) is 2.86. The number of aliphatic hydroxyl groups is 1. The summed E-state index contributed by atoms with van der Waals surface area (Å²) in [5.41, 5.74) is 2.28. The zero-order valence-electron chi connectivity index (χ0n) is 14.3. The predicted octanol–water partition coefficient (Wildman–Crippen LogP) is 3.76. The normalized spacial score (nSPS) is 41.3. The van der Waals surface area contributed by atoms with Crippen molar-refractivity contribution in [3.63, 3.8) is 0 Å². The SMILES string of the molecule is CC(=O)C1CCC2/C(=C/C=C3/CC(O)CCC3=O)CCCC12C. The van der Waals surface area contributed by atoms with E-state index in [1.807, 2.05) is 6.08 Å². The fourth-order valence-corrected chi connectivity index (χ4v) is 5.20. The Morgan fingerprint density at radius 3 is 2.74 bits per heavy atom. The first kappa shape index (κ1) is 16.6. The molecule has 0 aromatic heterocycles. The summed E-state index contributed by atoms with van der Waals surface area (Å²) in [6.07, 6.45) is 10.7. The molecule has 23 heavy (non-hydrogen) atoms. The highest BCUT2D eigenvalue weighted by molar-refractivity contribution is 5.96. The molecule has 0 amide bonds. The van der Waals surface area contributed by atoms with Crippen molar-refractivity contribution in [1.29, 1.82) is 0 Å². The van der Waals surface area contributed by atoms with E-state index in [9.17, 15) is 14.7 Å². The lowest BCUT2D eigenvalue weighted by molar-refractivity contribution is -0.124. The largest absolute Gasteiger partial charge is 0.393 e. The fourth-order valence-electron chi connectivity index (χ4n) is 5.20. The number of rotatable bonds is 2. The van der Waals surface area contributed by atoms with Crippen molar-refractivity contribution in [3.05, 3.63) is 23.3 Å². The second-order valence-electron chi connectivity index (χ2n) is 7.91. The van der Waals surface area contributed by atoms with Crippen molar-refractivity contribution in [1.82, 2.24) is 0 Å². The molecule has 3 heteroatoms. The molecule has 3 aliphatic rings. The first-order chi connectivity index (χ1) is 10.9. The van der Waals surface area contributed by atoms with E-state index in [1.165, 1.54) is 5.57 Å². The van der Waals surface area contributed by atoms with Crippen LogP contribution < -0.4 is 0 Å². The van der Waals surface area contributed by atoms with Crippen LogP contribution in [-0.4, -0.2) is 22.8 Å². The predicted molar refractivity (Wildman–Crippen MR) is 89.9 cm³/mol. The second-order valence-corrected chi connectivity index (χ2v) is 7.91. The molecule has 0 aliphatic heterocycles. The Kier molecular flexibility index (Phi) is 4.59. The summed E-state index contributed by atoms with van der Waals surface area (Å²) in [6, 6.07) is 0. The minimum absolute atomic E-state index is 0.102. The van der Waals surface area contributed by atoms with Crippen molar-refractivity contribution >= 4 is 11.6 Å². The topological polar surface area (TPSA) is 54.4 Å². The third-order valence-electron chi connectivity index (χ3n) is 6.47. The molecule has 1 N–H and O–H groups in total. The van der Waals surface area contributed by atoms with Crippen LogP contribution in [0.25, 0.3) is 0 Å². The molecular weight excluding hydrogens is 288 g/mol. The maximum Gasteiger partial charge on any atom is 0.159 e. The minimum atomic E-state index is -0.373. The number of fused-ring (bicyclic) bond motifs is 1. The van der Waals surface area contributed by atoms with Gasteiger partial charge in [0.2, 0.25) is 0 Å². The lowest BCUT2D eigenvalue weighted by Crippen LogP contribution is -2.36. The molecule has 0 heterocycles. The van der Waals surface area contributed by atoms with Crippen LogP contribution in [0.15, 0.2) is 23.3 Å². The van der Waals surface area contributed by atoms with E-state index in [0.29, 0.717) is 31.0 Å². The van der Waals surface area contributed by atoms with E-state index in [-0.39, 0.29) is 23.2 Å². The quantitative estimate of drug-likeness (QED) is 0.789. The lowest BCUT2D eigenvalue weighted by atomic mass is 9.63. The molecule has 3 fully saturated rings. The average molecular weight is 316 g/mol. The highest BCUT2D eigenvalue weighted by Crippen LogP contribution is 2.57. The molecule has 0 saturated heterocycles. The Hall–Kier alpha value is -1.22.